The molecule has 0 nitrogen and oxygen atoms in total. The summed E-state index contributed by atoms with van der Waals surface area (Å²) in [4.78, 5) is 0. The highest BCUT2D eigenvalue weighted by Crippen LogP contribution is 2.30. The van der Waals surface area contributed by atoms with Crippen LogP contribution in [0.15, 0.2) is 11.6 Å². The zero-order valence-corrected chi connectivity index (χ0v) is 9.31. The summed E-state index contributed by atoms with van der Waals surface area (Å²) >= 11 is 0. The molecule has 0 amide bonds. The van der Waals surface area contributed by atoms with Gasteiger partial charge in [-0.1, -0.05) is 57.1 Å². The molecule has 1 aliphatic carbocycles. The van der Waals surface area contributed by atoms with E-state index in [1.807, 2.05) is 0 Å². The maximum absolute atomic E-state index is 2.46. The van der Waals surface area contributed by atoms with E-state index in [4.69, 9.17) is 0 Å². The summed E-state index contributed by atoms with van der Waals surface area (Å²) < 4.78 is 0. The molecule has 0 N–H and O–H groups in total. The smallest absolute Gasteiger partial charge is 0.0295 e. The van der Waals surface area contributed by atoms with Gasteiger partial charge in [0.1, 0.15) is 0 Å². The van der Waals surface area contributed by atoms with Gasteiger partial charge in [-0.05, 0) is 25.7 Å². The fraction of sp³-hybridized carbons (Fsp3) is 0.846. The molecule has 1 rings (SSSR count). The van der Waals surface area contributed by atoms with Gasteiger partial charge in [0, 0.05) is 0 Å². The number of allylic oxidation sites excluding steroid dienone is 2. The summed E-state index contributed by atoms with van der Waals surface area (Å²) in [6.07, 6.45) is 13.8. The molecule has 0 aromatic heterocycles. The summed E-state index contributed by atoms with van der Waals surface area (Å²) in [7, 11) is 0. The molecule has 0 aromatic rings. The first-order valence-electron chi connectivity index (χ1n) is 5.98. The van der Waals surface area contributed by atoms with Gasteiger partial charge in [0.15, 0.2) is 0 Å². The summed E-state index contributed by atoms with van der Waals surface area (Å²) in [5, 5.41) is 0. The van der Waals surface area contributed by atoms with Crippen LogP contribution < -0.4 is 0 Å². The zero-order chi connectivity index (χ0) is 9.52. The standard InChI is InChI=1S/C13H24/c1-3-4-5-8-12(2)11-13-9-6-7-10-13/h8,13H,3-7,9-11H2,1-2H3/b12-8-. The van der Waals surface area contributed by atoms with Crippen molar-refractivity contribution >= 4 is 0 Å². The van der Waals surface area contributed by atoms with Gasteiger partial charge in [0.05, 0.1) is 0 Å². The van der Waals surface area contributed by atoms with E-state index in [0.717, 1.165) is 5.92 Å². The summed E-state index contributed by atoms with van der Waals surface area (Å²) in [6.45, 7) is 4.58. The van der Waals surface area contributed by atoms with Gasteiger partial charge in [-0.15, -0.1) is 0 Å². The Morgan fingerprint density at radius 2 is 2.00 bits per heavy atom. The van der Waals surface area contributed by atoms with Crippen LogP contribution in [0.3, 0.4) is 0 Å². The Kier molecular flexibility index (Phi) is 5.19. The highest BCUT2D eigenvalue weighted by atomic mass is 14.2. The predicted octanol–water partition coefficient (Wildman–Crippen LogP) is 4.70. The zero-order valence-electron chi connectivity index (χ0n) is 9.31. The van der Waals surface area contributed by atoms with Crippen molar-refractivity contribution in [3.63, 3.8) is 0 Å². The van der Waals surface area contributed by atoms with E-state index >= 15 is 0 Å². The van der Waals surface area contributed by atoms with Crippen molar-refractivity contribution in [2.75, 3.05) is 0 Å². The van der Waals surface area contributed by atoms with Crippen molar-refractivity contribution < 1.29 is 0 Å². The minimum atomic E-state index is 1.03. The van der Waals surface area contributed by atoms with Crippen LogP contribution in [0, 0.1) is 5.92 Å². The molecule has 0 heteroatoms. The van der Waals surface area contributed by atoms with Gasteiger partial charge in [-0.3, -0.25) is 0 Å². The summed E-state index contributed by atoms with van der Waals surface area (Å²) in [5.74, 6) is 1.03. The number of rotatable bonds is 5. The SMILES string of the molecule is CCCC/C=C(/C)CC1CCCC1. The first-order valence-corrected chi connectivity index (χ1v) is 5.98. The lowest BCUT2D eigenvalue weighted by atomic mass is 9.98. The number of hydrogen-bond donors (Lipinski definition) is 0. The topological polar surface area (TPSA) is 0 Å². The van der Waals surface area contributed by atoms with E-state index in [9.17, 15) is 0 Å². The molecule has 0 heterocycles. The fourth-order valence-electron chi connectivity index (χ4n) is 2.31. The van der Waals surface area contributed by atoms with Gasteiger partial charge in [0.2, 0.25) is 0 Å². The van der Waals surface area contributed by atoms with Crippen LogP contribution in [0.4, 0.5) is 0 Å². The minimum Gasteiger partial charge on any atom is -0.0856 e. The highest BCUT2D eigenvalue weighted by molar-refractivity contribution is 4.99. The first-order chi connectivity index (χ1) is 6.33. The minimum absolute atomic E-state index is 1.03. The van der Waals surface area contributed by atoms with Crippen molar-refractivity contribution in [1.82, 2.24) is 0 Å². The van der Waals surface area contributed by atoms with Crippen molar-refractivity contribution in [1.29, 1.82) is 0 Å². The van der Waals surface area contributed by atoms with E-state index in [1.54, 1.807) is 5.57 Å². The number of hydrogen-bond acceptors (Lipinski definition) is 0. The molecule has 0 atom stereocenters. The molecule has 0 aliphatic heterocycles. The molecule has 1 fully saturated rings. The second-order valence-electron chi connectivity index (χ2n) is 4.55. The molecular formula is C13H24. The molecule has 13 heavy (non-hydrogen) atoms. The molecule has 0 bridgehead atoms. The van der Waals surface area contributed by atoms with Crippen LogP contribution in [-0.2, 0) is 0 Å². The van der Waals surface area contributed by atoms with Crippen LogP contribution in [0.2, 0.25) is 0 Å². The molecule has 1 saturated carbocycles. The van der Waals surface area contributed by atoms with Crippen molar-refractivity contribution in [3.8, 4) is 0 Å². The van der Waals surface area contributed by atoms with E-state index in [0.29, 0.717) is 0 Å². The van der Waals surface area contributed by atoms with Gasteiger partial charge in [-0.2, -0.15) is 0 Å². The molecule has 0 unspecified atom stereocenters. The van der Waals surface area contributed by atoms with Crippen molar-refractivity contribution in [2.24, 2.45) is 5.92 Å². The van der Waals surface area contributed by atoms with Gasteiger partial charge < -0.3 is 0 Å². The van der Waals surface area contributed by atoms with Crippen molar-refractivity contribution in [2.45, 2.75) is 65.2 Å². The van der Waals surface area contributed by atoms with Gasteiger partial charge >= 0.3 is 0 Å². The van der Waals surface area contributed by atoms with Crippen LogP contribution in [0.1, 0.15) is 65.2 Å². The third-order valence-corrected chi connectivity index (χ3v) is 3.14. The van der Waals surface area contributed by atoms with Crippen LogP contribution >= 0.6 is 0 Å². The Labute approximate surface area is 83.4 Å². The summed E-state index contributed by atoms with van der Waals surface area (Å²) in [5.41, 5.74) is 1.64. The monoisotopic (exact) mass is 180 g/mol. The molecule has 0 radical (unpaired) electrons. The van der Waals surface area contributed by atoms with E-state index in [1.165, 1.54) is 51.4 Å². The Balaban J connectivity index is 2.14. The van der Waals surface area contributed by atoms with Gasteiger partial charge in [-0.25, -0.2) is 0 Å². The maximum Gasteiger partial charge on any atom is -0.0295 e. The Hall–Kier alpha value is -0.260. The second-order valence-corrected chi connectivity index (χ2v) is 4.55. The number of unbranched alkanes of at least 4 members (excludes halogenated alkanes) is 2. The fourth-order valence-corrected chi connectivity index (χ4v) is 2.31. The average molecular weight is 180 g/mol. The normalized spacial score (nSPS) is 19.7. The van der Waals surface area contributed by atoms with E-state index in [2.05, 4.69) is 19.9 Å². The van der Waals surface area contributed by atoms with Crippen molar-refractivity contribution in [3.05, 3.63) is 11.6 Å². The molecule has 0 aromatic carbocycles. The first kappa shape index (κ1) is 10.8. The van der Waals surface area contributed by atoms with Crippen LogP contribution in [0.5, 0.6) is 0 Å². The lowest BCUT2D eigenvalue weighted by molar-refractivity contribution is 0.542. The summed E-state index contributed by atoms with van der Waals surface area (Å²) in [6, 6.07) is 0. The third kappa shape index (κ3) is 4.50. The largest absolute Gasteiger partial charge is 0.0856 e. The predicted molar refractivity (Wildman–Crippen MR) is 59.9 cm³/mol. The average Bonchev–Trinajstić information content (AvgIpc) is 2.57. The molecule has 76 valence electrons. The van der Waals surface area contributed by atoms with E-state index < -0.39 is 0 Å². The lowest BCUT2D eigenvalue weighted by Gasteiger charge is -2.08. The Morgan fingerprint density at radius 1 is 1.31 bits per heavy atom. The van der Waals surface area contributed by atoms with Crippen LogP contribution in [-0.4, -0.2) is 0 Å². The Morgan fingerprint density at radius 3 is 2.62 bits per heavy atom. The lowest BCUT2D eigenvalue weighted by Crippen LogP contribution is -1.93. The third-order valence-electron chi connectivity index (χ3n) is 3.14. The Bertz CT molecular complexity index is 149. The second kappa shape index (κ2) is 6.23. The quantitative estimate of drug-likeness (QED) is 0.425. The molecular weight excluding hydrogens is 156 g/mol. The highest BCUT2D eigenvalue weighted by Gasteiger charge is 2.14. The maximum atomic E-state index is 2.46. The van der Waals surface area contributed by atoms with Crippen LogP contribution in [0.25, 0.3) is 0 Å². The molecule has 0 spiro atoms. The molecule has 0 saturated heterocycles. The van der Waals surface area contributed by atoms with E-state index in [-0.39, 0.29) is 0 Å². The van der Waals surface area contributed by atoms with Gasteiger partial charge in [0.25, 0.3) is 0 Å². The molecule has 1 aliphatic rings.